The van der Waals surface area contributed by atoms with Crippen molar-refractivity contribution in [3.63, 3.8) is 0 Å². The highest BCUT2D eigenvalue weighted by atomic mass is 16.4. The van der Waals surface area contributed by atoms with E-state index in [2.05, 4.69) is 26.8 Å². The molecule has 1 N–H and O–H groups in total. The molecular weight excluding hydrogens is 176 g/mol. The van der Waals surface area contributed by atoms with Gasteiger partial charge >= 0.3 is 5.97 Å². The van der Waals surface area contributed by atoms with Crippen molar-refractivity contribution in [1.29, 1.82) is 0 Å². The highest BCUT2D eigenvalue weighted by molar-refractivity contribution is 5.70. The van der Waals surface area contributed by atoms with Gasteiger partial charge in [0.2, 0.25) is 0 Å². The Morgan fingerprint density at radius 1 is 1.64 bits per heavy atom. The third-order valence-corrected chi connectivity index (χ3v) is 3.08. The van der Waals surface area contributed by atoms with Crippen molar-refractivity contribution >= 4 is 5.97 Å². The fourth-order valence-corrected chi connectivity index (χ4v) is 2.45. The summed E-state index contributed by atoms with van der Waals surface area (Å²) < 4.78 is 0. The fraction of sp³-hybridized carbons (Fsp3) is 0.750. The zero-order valence-electron chi connectivity index (χ0n) is 9.50. The van der Waals surface area contributed by atoms with Crippen molar-refractivity contribution in [2.24, 2.45) is 17.3 Å². The maximum atomic E-state index is 10.9. The monoisotopic (exact) mass is 196 g/mol. The molecule has 2 nitrogen and oxygen atoms in total. The Morgan fingerprint density at radius 3 is 2.64 bits per heavy atom. The van der Waals surface area contributed by atoms with Gasteiger partial charge in [0.05, 0.1) is 5.92 Å². The summed E-state index contributed by atoms with van der Waals surface area (Å²) in [6.07, 6.45) is 4.22. The quantitative estimate of drug-likeness (QED) is 0.689. The summed E-state index contributed by atoms with van der Waals surface area (Å²) in [6.45, 7) is 8.33. The Bertz CT molecular complexity index is 263. The van der Waals surface area contributed by atoms with Gasteiger partial charge in [-0.25, -0.2) is 0 Å². The van der Waals surface area contributed by atoms with E-state index in [4.69, 9.17) is 5.11 Å². The van der Waals surface area contributed by atoms with E-state index in [1.165, 1.54) is 5.57 Å². The van der Waals surface area contributed by atoms with Crippen LogP contribution in [0.2, 0.25) is 0 Å². The zero-order chi connectivity index (χ0) is 10.9. The average Bonchev–Trinajstić information content (AvgIpc) is 1.98. The number of allylic oxidation sites excluding steroid dienone is 2. The lowest BCUT2D eigenvalue weighted by Crippen LogP contribution is -2.28. The molecule has 2 heteroatoms. The molecule has 0 amide bonds. The molecule has 0 aromatic heterocycles. The Kier molecular flexibility index (Phi) is 3.03. The van der Waals surface area contributed by atoms with Crippen LogP contribution in [0, 0.1) is 17.3 Å². The second-order valence-electron chi connectivity index (χ2n) is 5.35. The lowest BCUT2D eigenvalue weighted by molar-refractivity contribution is -0.142. The molecule has 0 bridgehead atoms. The van der Waals surface area contributed by atoms with Crippen molar-refractivity contribution in [1.82, 2.24) is 0 Å². The molecule has 2 atom stereocenters. The van der Waals surface area contributed by atoms with Gasteiger partial charge in [0.25, 0.3) is 0 Å². The van der Waals surface area contributed by atoms with Crippen LogP contribution in [0.15, 0.2) is 11.6 Å². The van der Waals surface area contributed by atoms with Gasteiger partial charge in [-0.3, -0.25) is 4.79 Å². The van der Waals surface area contributed by atoms with Crippen LogP contribution in [0.4, 0.5) is 0 Å². The third-order valence-electron chi connectivity index (χ3n) is 3.08. The molecule has 0 aromatic carbocycles. The summed E-state index contributed by atoms with van der Waals surface area (Å²) in [5.41, 5.74) is 1.59. The molecule has 0 saturated carbocycles. The lowest BCUT2D eigenvalue weighted by Gasteiger charge is -2.35. The molecule has 1 aliphatic carbocycles. The molecule has 0 heterocycles. The predicted molar refractivity (Wildman–Crippen MR) is 57.1 cm³/mol. The first-order chi connectivity index (χ1) is 6.32. The Hall–Kier alpha value is -0.790. The van der Waals surface area contributed by atoms with E-state index in [1.807, 2.05) is 0 Å². The maximum absolute atomic E-state index is 10.9. The van der Waals surface area contributed by atoms with Crippen molar-refractivity contribution in [2.75, 3.05) is 0 Å². The van der Waals surface area contributed by atoms with E-state index < -0.39 is 5.97 Å². The molecule has 80 valence electrons. The van der Waals surface area contributed by atoms with Gasteiger partial charge in [-0.2, -0.15) is 0 Å². The van der Waals surface area contributed by atoms with Crippen molar-refractivity contribution < 1.29 is 9.90 Å². The fourth-order valence-electron chi connectivity index (χ4n) is 2.45. The van der Waals surface area contributed by atoms with Crippen LogP contribution in [-0.2, 0) is 4.79 Å². The summed E-state index contributed by atoms with van der Waals surface area (Å²) in [4.78, 5) is 10.9. The summed E-state index contributed by atoms with van der Waals surface area (Å²) in [7, 11) is 0. The lowest BCUT2D eigenvalue weighted by atomic mass is 9.70. The maximum Gasteiger partial charge on any atom is 0.306 e. The van der Waals surface area contributed by atoms with Crippen molar-refractivity contribution in [2.45, 2.75) is 40.5 Å². The van der Waals surface area contributed by atoms with E-state index >= 15 is 0 Å². The van der Waals surface area contributed by atoms with Gasteiger partial charge in [-0.05, 0) is 31.1 Å². The topological polar surface area (TPSA) is 37.3 Å². The minimum Gasteiger partial charge on any atom is -0.481 e. The van der Waals surface area contributed by atoms with Gasteiger partial charge in [0, 0.05) is 0 Å². The molecule has 2 unspecified atom stereocenters. The second kappa shape index (κ2) is 3.76. The molecule has 0 aliphatic heterocycles. The molecule has 0 saturated heterocycles. The number of hydrogen-bond donors (Lipinski definition) is 1. The minimum atomic E-state index is -0.684. The minimum absolute atomic E-state index is 0.205. The van der Waals surface area contributed by atoms with Crippen LogP contribution in [0.1, 0.15) is 40.5 Å². The third kappa shape index (κ3) is 2.60. The van der Waals surface area contributed by atoms with Crippen LogP contribution in [0.25, 0.3) is 0 Å². The molecular formula is C12H20O2. The van der Waals surface area contributed by atoms with Gasteiger partial charge in [0.1, 0.15) is 0 Å². The number of rotatable bonds is 2. The van der Waals surface area contributed by atoms with E-state index in [0.29, 0.717) is 0 Å². The Labute approximate surface area is 86.0 Å². The summed E-state index contributed by atoms with van der Waals surface area (Å²) in [5.74, 6) is -0.738. The van der Waals surface area contributed by atoms with Crippen LogP contribution in [-0.4, -0.2) is 11.1 Å². The van der Waals surface area contributed by atoms with Crippen LogP contribution >= 0.6 is 0 Å². The number of aliphatic carboxylic acids is 1. The Morgan fingerprint density at radius 2 is 2.21 bits per heavy atom. The van der Waals surface area contributed by atoms with Gasteiger partial charge in [0.15, 0.2) is 0 Å². The highest BCUT2D eigenvalue weighted by Gasteiger charge is 2.32. The molecule has 0 spiro atoms. The smallest absolute Gasteiger partial charge is 0.306 e. The normalized spacial score (nSPS) is 28.0. The Balaban J connectivity index is 2.81. The first kappa shape index (κ1) is 11.3. The largest absolute Gasteiger partial charge is 0.481 e. The van der Waals surface area contributed by atoms with Gasteiger partial charge in [-0.1, -0.05) is 32.4 Å². The first-order valence-corrected chi connectivity index (χ1v) is 5.22. The van der Waals surface area contributed by atoms with Crippen molar-refractivity contribution in [3.8, 4) is 0 Å². The van der Waals surface area contributed by atoms with Gasteiger partial charge in [-0.15, -0.1) is 0 Å². The molecule has 14 heavy (non-hydrogen) atoms. The summed E-state index contributed by atoms with van der Waals surface area (Å²) in [6, 6.07) is 0. The average molecular weight is 196 g/mol. The number of carboxylic acid groups (broad SMARTS) is 1. The molecule has 1 aliphatic rings. The zero-order valence-corrected chi connectivity index (χ0v) is 9.50. The van der Waals surface area contributed by atoms with E-state index in [0.717, 1.165) is 12.8 Å². The predicted octanol–water partition coefficient (Wildman–Crippen LogP) is 3.09. The van der Waals surface area contributed by atoms with Crippen LogP contribution in [0.5, 0.6) is 0 Å². The summed E-state index contributed by atoms with van der Waals surface area (Å²) >= 11 is 0. The first-order valence-electron chi connectivity index (χ1n) is 5.22. The second-order valence-corrected chi connectivity index (χ2v) is 5.35. The number of carboxylic acids is 1. The van der Waals surface area contributed by atoms with Gasteiger partial charge < -0.3 is 5.11 Å². The van der Waals surface area contributed by atoms with Crippen LogP contribution in [0.3, 0.4) is 0 Å². The molecule has 0 radical (unpaired) electrons. The molecule has 0 fully saturated rings. The van der Waals surface area contributed by atoms with Crippen molar-refractivity contribution in [3.05, 3.63) is 11.6 Å². The van der Waals surface area contributed by atoms with E-state index in [1.54, 1.807) is 6.92 Å². The molecule has 1 rings (SSSR count). The number of carbonyl (C=O) groups is 1. The SMILES string of the molecule is CC1=CC(C(C)C(=O)O)CC(C)(C)C1. The van der Waals surface area contributed by atoms with E-state index in [9.17, 15) is 4.79 Å². The van der Waals surface area contributed by atoms with E-state index in [-0.39, 0.29) is 17.3 Å². The standard InChI is InChI=1S/C12H20O2/c1-8-5-10(9(2)11(13)14)7-12(3,4)6-8/h5,9-10H,6-7H2,1-4H3,(H,13,14). The van der Waals surface area contributed by atoms with Crippen LogP contribution < -0.4 is 0 Å². The highest BCUT2D eigenvalue weighted by Crippen LogP contribution is 2.40. The number of hydrogen-bond acceptors (Lipinski definition) is 1. The molecule has 0 aromatic rings. The summed E-state index contributed by atoms with van der Waals surface area (Å²) in [5, 5.41) is 8.96.